The Morgan fingerprint density at radius 3 is 1.77 bits per heavy atom. The predicted octanol–water partition coefficient (Wildman–Crippen LogP) is 13.7. The van der Waals surface area contributed by atoms with Crippen molar-refractivity contribution in [1.82, 2.24) is 4.57 Å². The zero-order chi connectivity index (χ0) is 46.0. The van der Waals surface area contributed by atoms with Gasteiger partial charge in [-0.25, -0.2) is 0 Å². The zero-order valence-corrected chi connectivity index (χ0v) is 42.1. The van der Waals surface area contributed by atoms with Crippen LogP contribution in [-0.4, -0.2) is 45.6 Å². The summed E-state index contributed by atoms with van der Waals surface area (Å²) < 4.78 is 20.6. The summed E-state index contributed by atoms with van der Waals surface area (Å²) in [6.07, 6.45) is 1.65. The summed E-state index contributed by atoms with van der Waals surface area (Å²) >= 11 is 7.04. The van der Waals surface area contributed by atoms with Crippen LogP contribution in [0, 0.1) is 50.4 Å². The summed E-state index contributed by atoms with van der Waals surface area (Å²) in [6.45, 7) is 18.4. The van der Waals surface area contributed by atoms with Crippen molar-refractivity contribution in [2.24, 2.45) is 0 Å². The lowest BCUT2D eigenvalue weighted by molar-refractivity contribution is -0.114. The average molecular weight is 951 g/mol. The fourth-order valence-corrected chi connectivity index (χ4v) is 16.0. The number of aryl methyl sites for hydroxylation is 5. The van der Waals surface area contributed by atoms with Gasteiger partial charge in [-0.05, 0) is 144 Å². The molecular weight excluding hydrogens is 901 g/mol. The number of carbonyl (C=O) groups is 1. The molecule has 0 aliphatic rings. The van der Waals surface area contributed by atoms with E-state index in [4.69, 9.17) is 13.3 Å². The molecule has 3 aromatic carbocycles. The van der Waals surface area contributed by atoms with Gasteiger partial charge >= 0.3 is 8.80 Å². The Morgan fingerprint density at radius 1 is 0.662 bits per heavy atom. The second kappa shape index (κ2) is 19.6. The number of hydrogen-bond acceptors (Lipinski definition) is 10. The minimum Gasteiger partial charge on any atom is -0.370 e. The van der Waals surface area contributed by atoms with E-state index in [9.17, 15) is 15.3 Å². The Balaban J connectivity index is 1.04. The third-order valence-corrected chi connectivity index (χ3v) is 19.9. The van der Waals surface area contributed by atoms with E-state index in [-0.39, 0.29) is 12.1 Å². The van der Waals surface area contributed by atoms with Crippen molar-refractivity contribution in [3.63, 3.8) is 0 Å². The second-order valence-electron chi connectivity index (χ2n) is 15.6. The number of fused-ring (bicyclic) bond motifs is 3. The first-order valence-electron chi connectivity index (χ1n) is 21.7. The number of rotatable bonds is 16. The lowest BCUT2D eigenvalue weighted by Crippen LogP contribution is -2.56. The molecule has 8 aromatic rings. The summed E-state index contributed by atoms with van der Waals surface area (Å²) in [4.78, 5) is 24.7. The number of carbonyl (C=O) groups excluding carboxylic acids is 1. The smallest absolute Gasteiger partial charge is 0.370 e. The van der Waals surface area contributed by atoms with Crippen molar-refractivity contribution in [2.45, 2.75) is 61.9 Å². The van der Waals surface area contributed by atoms with Gasteiger partial charge in [0.25, 0.3) is 5.91 Å². The minimum absolute atomic E-state index is 0.0514. The molecule has 5 heterocycles. The summed E-state index contributed by atoms with van der Waals surface area (Å²) in [5, 5.41) is 23.4. The molecule has 0 saturated carbocycles. The number of para-hydroxylation sites is 1. The molecule has 330 valence electrons. The van der Waals surface area contributed by atoms with Crippen LogP contribution >= 0.6 is 45.3 Å². The van der Waals surface area contributed by atoms with Gasteiger partial charge < -0.3 is 17.8 Å². The van der Waals surface area contributed by atoms with Gasteiger partial charge in [-0.15, -0.1) is 45.3 Å². The predicted molar refractivity (Wildman–Crippen MR) is 276 cm³/mol. The third kappa shape index (κ3) is 8.84. The first kappa shape index (κ1) is 46.1. The van der Waals surface area contributed by atoms with Gasteiger partial charge in [0.1, 0.15) is 18.2 Å². The van der Waals surface area contributed by atoms with Crippen LogP contribution in [0.1, 0.15) is 54.8 Å². The minimum atomic E-state index is -3.18. The molecule has 0 saturated heterocycles. The molecule has 65 heavy (non-hydrogen) atoms. The topological polar surface area (TPSA) is 101 Å². The maximum Gasteiger partial charge on any atom is 0.537 e. The summed E-state index contributed by atoms with van der Waals surface area (Å²) in [7, 11) is -3.18. The van der Waals surface area contributed by atoms with Gasteiger partial charge in [0.15, 0.2) is 0 Å². The average Bonchev–Trinajstić information content (AvgIpc) is 4.14. The van der Waals surface area contributed by atoms with Crippen molar-refractivity contribution in [1.29, 1.82) is 10.5 Å². The lowest BCUT2D eigenvalue weighted by Gasteiger charge is -2.29. The van der Waals surface area contributed by atoms with Crippen molar-refractivity contribution in [2.75, 3.05) is 31.3 Å². The number of nitrogens with zero attached hydrogens (tertiary/aromatic N) is 4. The largest absolute Gasteiger partial charge is 0.537 e. The van der Waals surface area contributed by atoms with E-state index < -0.39 is 14.7 Å². The number of amides is 1. The van der Waals surface area contributed by atoms with E-state index in [1.807, 2.05) is 62.5 Å². The van der Waals surface area contributed by atoms with E-state index >= 15 is 0 Å². The van der Waals surface area contributed by atoms with Gasteiger partial charge in [0, 0.05) is 98.1 Å². The van der Waals surface area contributed by atoms with Crippen LogP contribution < -0.4 is 10.1 Å². The highest BCUT2D eigenvalue weighted by Crippen LogP contribution is 2.49. The maximum atomic E-state index is 14.0. The Hall–Kier alpha value is -5.45. The first-order chi connectivity index (χ1) is 31.5. The molecule has 1 amide bonds. The van der Waals surface area contributed by atoms with E-state index in [1.54, 1.807) is 40.9 Å². The number of aromatic nitrogens is 1. The highest BCUT2D eigenvalue weighted by Gasteiger charge is 2.43. The quantitative estimate of drug-likeness (QED) is 0.0414. The molecule has 8 nitrogen and oxygen atoms in total. The van der Waals surface area contributed by atoms with Crippen LogP contribution in [0.15, 0.2) is 96.6 Å². The van der Waals surface area contributed by atoms with E-state index in [1.165, 1.54) is 78.2 Å². The highest BCUT2D eigenvalue weighted by atomic mass is 32.1. The highest BCUT2D eigenvalue weighted by molar-refractivity contribution is 7.29. The number of hydrogen-bond donors (Lipinski definition) is 0. The van der Waals surface area contributed by atoms with Crippen molar-refractivity contribution in [3.05, 3.63) is 124 Å². The third-order valence-electron chi connectivity index (χ3n) is 11.4. The molecule has 0 aliphatic heterocycles. The van der Waals surface area contributed by atoms with Crippen LogP contribution in [-0.2, 0) is 24.6 Å². The van der Waals surface area contributed by atoms with Crippen molar-refractivity contribution in [3.8, 4) is 51.8 Å². The molecule has 5 aromatic heterocycles. The lowest BCUT2D eigenvalue weighted by atomic mass is 10.1. The van der Waals surface area contributed by atoms with E-state index in [0.717, 1.165) is 27.0 Å². The first-order valence-corrected chi connectivity index (χ1v) is 26.7. The van der Waals surface area contributed by atoms with Crippen molar-refractivity contribution < 1.29 is 18.1 Å². The van der Waals surface area contributed by atoms with Gasteiger partial charge in [-0.3, -0.25) is 9.69 Å². The van der Waals surface area contributed by atoms with Crippen LogP contribution in [0.3, 0.4) is 0 Å². The van der Waals surface area contributed by atoms with E-state index in [0.29, 0.717) is 25.5 Å². The summed E-state index contributed by atoms with van der Waals surface area (Å²) in [6, 6.07) is 36.0. The number of anilines is 1. The molecule has 8 rings (SSSR count). The Bertz CT molecular complexity index is 3150. The molecule has 0 fully saturated rings. The maximum absolute atomic E-state index is 14.0. The molecule has 0 spiro atoms. The Morgan fingerprint density at radius 2 is 1.20 bits per heavy atom. The summed E-state index contributed by atoms with van der Waals surface area (Å²) in [5.74, 6) is -0.549. The Labute approximate surface area is 398 Å². The normalized spacial score (nSPS) is 12.0. The molecule has 13 heteroatoms. The monoisotopic (exact) mass is 950 g/mol. The van der Waals surface area contributed by atoms with Crippen LogP contribution in [0.5, 0.6) is 0 Å². The molecule has 0 unspecified atom stereocenters. The molecule has 0 radical (unpaired) electrons. The van der Waals surface area contributed by atoms with Gasteiger partial charge in [0.05, 0.1) is 6.07 Å². The zero-order valence-electron chi connectivity index (χ0n) is 37.8. The SMILES string of the molecule is CCO[Si](OCC)(OCC)c1ccc(N(CC#N)C(=O)/C(C#N)=C/c2sc(-c3sc(-c4sc(-c5sc(-c6ccc7c(c6)c6ccccc6n7CC)cc5C)cc4C)cc3C)cc2C)cc1. The number of benzene rings is 3. The molecule has 0 bridgehead atoms. The number of thiophene rings is 4. The fraction of sp³-hybridized carbons (Fsp3) is 0.250. The van der Waals surface area contributed by atoms with Gasteiger partial charge in [-0.2, -0.15) is 10.5 Å². The van der Waals surface area contributed by atoms with Crippen LogP contribution in [0.4, 0.5) is 5.69 Å². The molecule has 0 N–H and O–H groups in total. The molecule has 0 aliphatic carbocycles. The van der Waals surface area contributed by atoms with Crippen LogP contribution in [0.25, 0.3) is 67.6 Å². The van der Waals surface area contributed by atoms with Crippen molar-refractivity contribution >= 4 is 98.8 Å². The van der Waals surface area contributed by atoms with Gasteiger partial charge in [0.2, 0.25) is 0 Å². The molecular formula is C52H50N4O4S4Si. The van der Waals surface area contributed by atoms with Crippen LogP contribution in [0.2, 0.25) is 0 Å². The van der Waals surface area contributed by atoms with E-state index in [2.05, 4.69) is 111 Å². The second-order valence-corrected chi connectivity index (χ2v) is 22.4. The Kier molecular flexibility index (Phi) is 13.9. The van der Waals surface area contributed by atoms with Gasteiger partial charge in [-0.1, -0.05) is 36.4 Å². The fourth-order valence-electron chi connectivity index (χ4n) is 8.41. The number of nitriles is 2. The summed E-state index contributed by atoms with van der Waals surface area (Å²) in [5.41, 5.74) is 8.89. The standard InChI is InChI=1S/C52H50N4O4S4Si/c1-9-55-42-16-14-13-15-40(42)41-29-36(17-22-43(41)55)45-26-33(6)50(62-45)47-28-35(8)51(64-47)48-27-34(7)49(63-48)46-25-32(5)44(61-46)30-37(31-54)52(57)56(24-23-53)38-18-20-39(21-19-38)65(58-10-2,59-11-3)60-12-4/h13-22,25-30H,9-12,24H2,1-8H3/b37-30+. The molecule has 0 atom stereocenters.